The maximum Gasteiger partial charge on any atom is 0.290 e. The molecule has 2 N–H and O–H groups in total. The largest absolute Gasteiger partial charge is 0.393 e. The van der Waals surface area contributed by atoms with Crippen LogP contribution >= 0.6 is 0 Å². The molecule has 1 saturated heterocycles. The number of aliphatic hydroxyl groups is 1. The topological polar surface area (TPSA) is 100 Å². The molecule has 0 bridgehead atoms. The Bertz CT molecular complexity index is 1150. The molecule has 3 heterocycles. The Hall–Kier alpha value is -3.52. The van der Waals surface area contributed by atoms with Crippen LogP contribution in [0.4, 0.5) is 11.5 Å². The van der Waals surface area contributed by atoms with E-state index in [1.54, 1.807) is 30.1 Å². The van der Waals surface area contributed by atoms with Gasteiger partial charge in [0.2, 0.25) is 0 Å². The van der Waals surface area contributed by atoms with Gasteiger partial charge in [0.15, 0.2) is 0 Å². The van der Waals surface area contributed by atoms with E-state index in [0.717, 1.165) is 11.1 Å². The quantitative estimate of drug-likeness (QED) is 0.674. The molecule has 0 saturated carbocycles. The first-order valence-electron chi connectivity index (χ1n) is 10.3. The second kappa shape index (κ2) is 8.69. The molecule has 1 aliphatic heterocycles. The van der Waals surface area contributed by atoms with Crippen molar-refractivity contribution < 1.29 is 9.90 Å². The number of aliphatic hydroxyl groups excluding tert-OH is 1. The van der Waals surface area contributed by atoms with E-state index in [9.17, 15) is 14.7 Å². The van der Waals surface area contributed by atoms with Crippen LogP contribution in [0.1, 0.15) is 28.8 Å². The van der Waals surface area contributed by atoms with Gasteiger partial charge in [0.05, 0.1) is 17.4 Å². The first-order chi connectivity index (χ1) is 14.9. The van der Waals surface area contributed by atoms with E-state index in [1.807, 2.05) is 31.2 Å². The second-order valence-electron chi connectivity index (χ2n) is 7.82. The molecule has 2 aromatic heterocycles. The van der Waals surface area contributed by atoms with Crippen LogP contribution in [0.15, 0.2) is 53.5 Å². The summed E-state index contributed by atoms with van der Waals surface area (Å²) in [6.07, 6.45) is 2.35. The van der Waals surface area contributed by atoms with Crippen LogP contribution < -0.4 is 10.9 Å². The van der Waals surface area contributed by atoms with Gasteiger partial charge in [0, 0.05) is 31.9 Å². The molecule has 1 fully saturated rings. The fraction of sp³-hybridized carbons (Fsp3) is 0.304. The molecule has 3 aromatic rings. The lowest BCUT2D eigenvalue weighted by molar-refractivity contribution is 0.0546. The molecule has 8 heteroatoms. The van der Waals surface area contributed by atoms with Gasteiger partial charge in [-0.1, -0.05) is 23.8 Å². The normalized spacial score (nSPS) is 14.5. The number of hydrogen-bond donors (Lipinski definition) is 2. The minimum atomic E-state index is -0.332. The summed E-state index contributed by atoms with van der Waals surface area (Å²) in [5.41, 5.74) is 3.25. The van der Waals surface area contributed by atoms with Crippen LogP contribution in [0.25, 0.3) is 11.3 Å². The van der Waals surface area contributed by atoms with Crippen LogP contribution in [-0.2, 0) is 7.05 Å². The van der Waals surface area contributed by atoms with E-state index < -0.39 is 0 Å². The predicted octanol–water partition coefficient (Wildman–Crippen LogP) is 2.49. The van der Waals surface area contributed by atoms with Crippen LogP contribution in [0.2, 0.25) is 0 Å². The number of likely N-dealkylation sites (tertiary alicyclic amines) is 1. The summed E-state index contributed by atoms with van der Waals surface area (Å²) in [7, 11) is 1.61. The van der Waals surface area contributed by atoms with Gasteiger partial charge in [-0.2, -0.15) is 5.10 Å². The third-order valence-corrected chi connectivity index (χ3v) is 5.40. The first kappa shape index (κ1) is 20.7. The Kier molecular flexibility index (Phi) is 5.81. The minimum absolute atomic E-state index is 0.104. The van der Waals surface area contributed by atoms with Crippen molar-refractivity contribution in [2.24, 2.45) is 7.05 Å². The van der Waals surface area contributed by atoms with Gasteiger partial charge in [-0.25, -0.2) is 9.67 Å². The molecule has 160 valence electrons. The number of pyridine rings is 1. The van der Waals surface area contributed by atoms with Gasteiger partial charge in [0.25, 0.3) is 11.5 Å². The van der Waals surface area contributed by atoms with Crippen molar-refractivity contribution in [3.8, 4) is 11.3 Å². The SMILES string of the molecule is Cc1cccc(-c2cc(Nc3ccc(C(=O)N4CCC(O)CC4)cn3)c(=O)n(C)n2)c1. The van der Waals surface area contributed by atoms with Crippen molar-refractivity contribution in [2.75, 3.05) is 18.4 Å². The summed E-state index contributed by atoms with van der Waals surface area (Å²) in [5, 5.41) is 17.0. The molecular weight excluding hydrogens is 394 g/mol. The molecule has 0 atom stereocenters. The minimum Gasteiger partial charge on any atom is -0.393 e. The summed E-state index contributed by atoms with van der Waals surface area (Å²) in [4.78, 5) is 31.2. The number of piperidine rings is 1. The molecule has 8 nitrogen and oxygen atoms in total. The lowest BCUT2D eigenvalue weighted by atomic mass is 10.1. The standard InChI is InChI=1S/C23H25N5O3/c1-15-4-3-5-16(12-15)19-13-20(23(31)27(2)26-19)25-21-7-6-17(14-24-21)22(30)28-10-8-18(29)9-11-28/h3-7,12-14,18,29H,8-11H2,1-2H3,(H,24,25). The molecule has 1 aliphatic rings. The molecule has 1 amide bonds. The number of aromatic nitrogens is 3. The van der Waals surface area contributed by atoms with Crippen molar-refractivity contribution in [3.63, 3.8) is 0 Å². The van der Waals surface area contributed by atoms with E-state index in [4.69, 9.17) is 0 Å². The highest BCUT2D eigenvalue weighted by Gasteiger charge is 2.22. The van der Waals surface area contributed by atoms with Gasteiger partial charge in [-0.05, 0) is 44.0 Å². The molecule has 0 spiro atoms. The van der Waals surface area contributed by atoms with Crippen molar-refractivity contribution in [1.29, 1.82) is 0 Å². The lowest BCUT2D eigenvalue weighted by Gasteiger charge is -2.29. The summed E-state index contributed by atoms with van der Waals surface area (Å²) in [6, 6.07) is 13.0. The number of nitrogens with zero attached hydrogens (tertiary/aromatic N) is 4. The summed E-state index contributed by atoms with van der Waals surface area (Å²) in [5.74, 6) is 0.358. The Morgan fingerprint density at radius 2 is 1.94 bits per heavy atom. The number of anilines is 2. The Labute approximate surface area is 180 Å². The van der Waals surface area contributed by atoms with Crippen molar-refractivity contribution in [1.82, 2.24) is 19.7 Å². The third-order valence-electron chi connectivity index (χ3n) is 5.40. The molecule has 1 aromatic carbocycles. The zero-order chi connectivity index (χ0) is 22.0. The van der Waals surface area contributed by atoms with E-state index in [-0.39, 0.29) is 17.6 Å². The Morgan fingerprint density at radius 3 is 2.61 bits per heavy atom. The number of hydrogen-bond acceptors (Lipinski definition) is 6. The van der Waals surface area contributed by atoms with Gasteiger partial charge in [-0.15, -0.1) is 0 Å². The maximum atomic E-state index is 12.6. The number of benzene rings is 1. The third kappa shape index (κ3) is 4.64. The summed E-state index contributed by atoms with van der Waals surface area (Å²) in [6.45, 7) is 3.08. The van der Waals surface area contributed by atoms with Crippen molar-refractivity contribution >= 4 is 17.4 Å². The summed E-state index contributed by atoms with van der Waals surface area (Å²) < 4.78 is 1.29. The fourth-order valence-electron chi connectivity index (χ4n) is 3.63. The van der Waals surface area contributed by atoms with E-state index in [0.29, 0.717) is 48.7 Å². The van der Waals surface area contributed by atoms with Gasteiger partial charge < -0.3 is 15.3 Å². The smallest absolute Gasteiger partial charge is 0.290 e. The van der Waals surface area contributed by atoms with Gasteiger partial charge in [-0.3, -0.25) is 9.59 Å². The molecule has 4 rings (SSSR count). The monoisotopic (exact) mass is 419 g/mol. The number of carbonyl (C=O) groups is 1. The highest BCUT2D eigenvalue weighted by molar-refractivity contribution is 5.94. The molecular formula is C23H25N5O3. The maximum absolute atomic E-state index is 12.6. The molecule has 0 aliphatic carbocycles. The highest BCUT2D eigenvalue weighted by atomic mass is 16.3. The Balaban J connectivity index is 1.54. The fourth-order valence-corrected chi connectivity index (χ4v) is 3.63. The number of amides is 1. The zero-order valence-corrected chi connectivity index (χ0v) is 17.6. The predicted molar refractivity (Wildman–Crippen MR) is 118 cm³/mol. The number of carbonyl (C=O) groups excluding carboxylic acids is 1. The molecule has 0 radical (unpaired) electrons. The molecule has 0 unspecified atom stereocenters. The van der Waals surface area contributed by atoms with Gasteiger partial charge in [0.1, 0.15) is 11.5 Å². The van der Waals surface area contributed by atoms with Crippen LogP contribution in [0, 0.1) is 6.92 Å². The van der Waals surface area contributed by atoms with E-state index in [2.05, 4.69) is 15.4 Å². The van der Waals surface area contributed by atoms with Crippen LogP contribution in [0.5, 0.6) is 0 Å². The van der Waals surface area contributed by atoms with Crippen molar-refractivity contribution in [3.05, 3.63) is 70.1 Å². The molecule has 31 heavy (non-hydrogen) atoms. The van der Waals surface area contributed by atoms with Gasteiger partial charge >= 0.3 is 0 Å². The van der Waals surface area contributed by atoms with E-state index in [1.165, 1.54) is 10.9 Å². The number of rotatable bonds is 4. The van der Waals surface area contributed by atoms with E-state index >= 15 is 0 Å². The zero-order valence-electron chi connectivity index (χ0n) is 17.6. The first-order valence-corrected chi connectivity index (χ1v) is 10.3. The second-order valence-corrected chi connectivity index (χ2v) is 7.82. The average molecular weight is 419 g/mol. The number of aryl methyl sites for hydroxylation is 2. The van der Waals surface area contributed by atoms with Crippen molar-refractivity contribution in [2.45, 2.75) is 25.9 Å². The summed E-state index contributed by atoms with van der Waals surface area (Å²) >= 11 is 0. The number of nitrogens with one attached hydrogen (secondary N) is 1. The highest BCUT2D eigenvalue weighted by Crippen LogP contribution is 2.21. The average Bonchev–Trinajstić information content (AvgIpc) is 2.77. The van der Waals surface area contributed by atoms with Crippen LogP contribution in [-0.4, -0.2) is 49.9 Å². The lowest BCUT2D eigenvalue weighted by Crippen LogP contribution is -2.40. The Morgan fingerprint density at radius 1 is 1.16 bits per heavy atom. The van der Waals surface area contributed by atoms with Crippen LogP contribution in [0.3, 0.4) is 0 Å².